The minimum Gasteiger partial charge on any atom is -0.497 e. The molecule has 2 atom stereocenters. The number of methoxy groups -OCH3 is 2. The summed E-state index contributed by atoms with van der Waals surface area (Å²) in [6, 6.07) is 13.6. The van der Waals surface area contributed by atoms with Gasteiger partial charge in [-0.05, 0) is 48.9 Å². The van der Waals surface area contributed by atoms with Crippen molar-refractivity contribution in [3.63, 3.8) is 0 Å². The van der Waals surface area contributed by atoms with Gasteiger partial charge in [0, 0.05) is 49.7 Å². The summed E-state index contributed by atoms with van der Waals surface area (Å²) < 4.78 is 26.1. The largest absolute Gasteiger partial charge is 0.497 e. The molecule has 0 N–H and O–H groups in total. The van der Waals surface area contributed by atoms with Crippen molar-refractivity contribution >= 4 is 23.1 Å². The van der Waals surface area contributed by atoms with Crippen molar-refractivity contribution in [2.45, 2.75) is 13.0 Å². The Morgan fingerprint density at radius 3 is 2.26 bits per heavy atom. The number of carbonyl (C=O) groups is 1. The van der Waals surface area contributed by atoms with E-state index in [0.717, 1.165) is 17.0 Å². The van der Waals surface area contributed by atoms with Crippen LogP contribution in [0.3, 0.4) is 0 Å². The normalized spacial score (nSPS) is 19.7. The highest BCUT2D eigenvalue weighted by Gasteiger charge is 2.41. The number of benzene rings is 2. The standard InChI is InChI=1S/C26H28FN5O3/c1-17-24(26(33)31-12-10-30(11-13-31)20-6-4-19(27)5-7-20)25(32-23(29-17)8-9-28-32)18-14-21(34-2)16-22(15-18)35-3/h4-9,14-16,24-25H,10-13H2,1-3H3. The quantitative estimate of drug-likeness (QED) is 0.560. The van der Waals surface area contributed by atoms with E-state index in [9.17, 15) is 9.18 Å². The molecule has 2 unspecified atom stereocenters. The van der Waals surface area contributed by atoms with E-state index < -0.39 is 5.92 Å². The van der Waals surface area contributed by atoms with E-state index >= 15 is 0 Å². The van der Waals surface area contributed by atoms with Gasteiger partial charge in [0.05, 0.1) is 26.5 Å². The fourth-order valence-corrected chi connectivity index (χ4v) is 4.91. The number of rotatable bonds is 5. The Kier molecular flexibility index (Phi) is 6.15. The van der Waals surface area contributed by atoms with Crippen LogP contribution in [0.2, 0.25) is 0 Å². The van der Waals surface area contributed by atoms with Crippen LogP contribution in [0.4, 0.5) is 15.9 Å². The Labute approximate surface area is 203 Å². The molecule has 1 amide bonds. The second-order valence-corrected chi connectivity index (χ2v) is 8.74. The molecule has 1 fully saturated rings. The molecule has 35 heavy (non-hydrogen) atoms. The number of halogens is 1. The number of hydrogen-bond donors (Lipinski definition) is 0. The zero-order valence-corrected chi connectivity index (χ0v) is 20.0. The van der Waals surface area contributed by atoms with E-state index in [0.29, 0.717) is 43.5 Å². The van der Waals surface area contributed by atoms with E-state index in [1.807, 2.05) is 36.1 Å². The predicted octanol–water partition coefficient (Wildman–Crippen LogP) is 3.70. The van der Waals surface area contributed by atoms with Crippen molar-refractivity contribution in [3.8, 4) is 11.5 Å². The number of carbonyl (C=O) groups excluding carboxylic acids is 1. The molecule has 0 aliphatic carbocycles. The van der Waals surface area contributed by atoms with Gasteiger partial charge in [0.15, 0.2) is 5.82 Å². The summed E-state index contributed by atoms with van der Waals surface area (Å²) >= 11 is 0. The first-order chi connectivity index (χ1) is 17.0. The summed E-state index contributed by atoms with van der Waals surface area (Å²) in [6.07, 6.45) is 1.70. The SMILES string of the molecule is COc1cc(OC)cc(C2C(C(=O)N3CCN(c4ccc(F)cc4)CC3)C(C)=Nc3ccnn32)c1. The third-order valence-electron chi connectivity index (χ3n) is 6.73. The van der Waals surface area contributed by atoms with Gasteiger partial charge in [-0.15, -0.1) is 0 Å². The summed E-state index contributed by atoms with van der Waals surface area (Å²) in [5, 5.41) is 4.51. The van der Waals surface area contributed by atoms with Crippen LogP contribution in [0.15, 0.2) is 59.7 Å². The average molecular weight is 478 g/mol. The van der Waals surface area contributed by atoms with Gasteiger partial charge in [0.2, 0.25) is 5.91 Å². The highest BCUT2D eigenvalue weighted by atomic mass is 19.1. The van der Waals surface area contributed by atoms with Crippen molar-refractivity contribution in [2.24, 2.45) is 10.9 Å². The molecule has 9 heteroatoms. The lowest BCUT2D eigenvalue weighted by atomic mass is 9.86. The van der Waals surface area contributed by atoms with Gasteiger partial charge in [0.1, 0.15) is 23.2 Å². The zero-order chi connectivity index (χ0) is 24.5. The molecule has 0 saturated carbocycles. The summed E-state index contributed by atoms with van der Waals surface area (Å²) in [5.74, 6) is 1.24. The molecular weight excluding hydrogens is 449 g/mol. The number of ether oxygens (including phenoxy) is 2. The van der Waals surface area contributed by atoms with Crippen LogP contribution in [-0.4, -0.2) is 66.7 Å². The maximum absolute atomic E-state index is 13.9. The number of amides is 1. The smallest absolute Gasteiger partial charge is 0.234 e. The van der Waals surface area contributed by atoms with Crippen molar-refractivity contribution in [1.29, 1.82) is 0 Å². The van der Waals surface area contributed by atoms with Gasteiger partial charge in [-0.3, -0.25) is 4.79 Å². The van der Waals surface area contributed by atoms with Crippen LogP contribution in [0.5, 0.6) is 11.5 Å². The monoisotopic (exact) mass is 477 g/mol. The third kappa shape index (κ3) is 4.34. The van der Waals surface area contributed by atoms with E-state index in [1.165, 1.54) is 12.1 Å². The maximum atomic E-state index is 13.9. The van der Waals surface area contributed by atoms with Crippen molar-refractivity contribution in [1.82, 2.24) is 14.7 Å². The second kappa shape index (κ2) is 9.40. The van der Waals surface area contributed by atoms with Crippen LogP contribution >= 0.6 is 0 Å². The number of hydrogen-bond acceptors (Lipinski definition) is 6. The van der Waals surface area contributed by atoms with Crippen LogP contribution in [0.25, 0.3) is 0 Å². The highest BCUT2D eigenvalue weighted by molar-refractivity contribution is 6.05. The summed E-state index contributed by atoms with van der Waals surface area (Å²) in [5.41, 5.74) is 2.57. The van der Waals surface area contributed by atoms with Crippen LogP contribution < -0.4 is 14.4 Å². The topological polar surface area (TPSA) is 72.2 Å². The summed E-state index contributed by atoms with van der Waals surface area (Å²) in [6.45, 7) is 4.38. The Morgan fingerprint density at radius 1 is 0.971 bits per heavy atom. The lowest BCUT2D eigenvalue weighted by Crippen LogP contribution is -2.53. The number of aliphatic imine (C=N–C) groups is 1. The molecule has 182 valence electrons. The first-order valence-corrected chi connectivity index (χ1v) is 11.6. The minimum absolute atomic E-state index is 0.0120. The number of nitrogens with zero attached hydrogens (tertiary/aromatic N) is 5. The maximum Gasteiger partial charge on any atom is 0.234 e. The molecule has 2 aliphatic heterocycles. The van der Waals surface area contributed by atoms with Crippen molar-refractivity contribution in [2.75, 3.05) is 45.3 Å². The van der Waals surface area contributed by atoms with E-state index in [4.69, 9.17) is 14.5 Å². The van der Waals surface area contributed by atoms with E-state index in [-0.39, 0.29) is 17.8 Å². The average Bonchev–Trinajstić information content (AvgIpc) is 3.35. The molecule has 1 saturated heterocycles. The van der Waals surface area contributed by atoms with Crippen LogP contribution in [0, 0.1) is 11.7 Å². The van der Waals surface area contributed by atoms with Crippen LogP contribution in [-0.2, 0) is 4.79 Å². The molecule has 0 spiro atoms. The molecule has 2 aromatic carbocycles. The second-order valence-electron chi connectivity index (χ2n) is 8.74. The third-order valence-corrected chi connectivity index (χ3v) is 6.73. The lowest BCUT2D eigenvalue weighted by Gasteiger charge is -2.40. The van der Waals surface area contributed by atoms with Gasteiger partial charge in [0.25, 0.3) is 0 Å². The molecule has 0 radical (unpaired) electrons. The van der Waals surface area contributed by atoms with E-state index in [1.54, 1.807) is 37.2 Å². The fourth-order valence-electron chi connectivity index (χ4n) is 4.91. The molecule has 3 heterocycles. The van der Waals surface area contributed by atoms with Crippen molar-refractivity contribution < 1.29 is 18.7 Å². The van der Waals surface area contributed by atoms with Gasteiger partial charge in [-0.2, -0.15) is 5.10 Å². The molecule has 8 nitrogen and oxygen atoms in total. The first kappa shape index (κ1) is 22.9. The van der Waals surface area contributed by atoms with Gasteiger partial charge in [-0.25, -0.2) is 14.1 Å². The number of anilines is 1. The lowest BCUT2D eigenvalue weighted by molar-refractivity contribution is -0.134. The first-order valence-electron chi connectivity index (χ1n) is 11.6. The Bertz CT molecular complexity index is 1230. The molecular formula is C26H28FN5O3. The van der Waals surface area contributed by atoms with Crippen molar-refractivity contribution in [3.05, 3.63) is 66.1 Å². The molecule has 3 aromatic rings. The minimum atomic E-state index is -0.517. The Balaban J connectivity index is 1.43. The van der Waals surface area contributed by atoms with Gasteiger partial charge in [-0.1, -0.05) is 0 Å². The van der Waals surface area contributed by atoms with Gasteiger partial charge < -0.3 is 19.3 Å². The molecule has 5 rings (SSSR count). The fraction of sp³-hybridized carbons (Fsp3) is 0.346. The molecule has 0 bridgehead atoms. The zero-order valence-electron chi connectivity index (χ0n) is 20.0. The van der Waals surface area contributed by atoms with Crippen LogP contribution in [0.1, 0.15) is 18.5 Å². The predicted molar refractivity (Wildman–Crippen MR) is 131 cm³/mol. The molecule has 1 aromatic heterocycles. The van der Waals surface area contributed by atoms with E-state index in [2.05, 4.69) is 10.00 Å². The Hall–Kier alpha value is -3.88. The summed E-state index contributed by atoms with van der Waals surface area (Å²) in [7, 11) is 3.21. The Morgan fingerprint density at radius 2 is 1.63 bits per heavy atom. The molecule has 2 aliphatic rings. The van der Waals surface area contributed by atoms with Gasteiger partial charge >= 0.3 is 0 Å². The number of fused-ring (bicyclic) bond motifs is 1. The number of aromatic nitrogens is 2. The highest BCUT2D eigenvalue weighted by Crippen LogP contribution is 2.39. The summed E-state index contributed by atoms with van der Waals surface area (Å²) in [4.78, 5) is 22.7. The number of piperazine rings is 1.